The van der Waals surface area contributed by atoms with Gasteiger partial charge in [-0.2, -0.15) is 0 Å². The van der Waals surface area contributed by atoms with Crippen molar-refractivity contribution < 1.29 is 9.18 Å². The number of Topliss-reactive ketones (excluding diaryl/α,β-unsaturated/α-hetero) is 1. The number of ketones is 1. The molecule has 2 aromatic carbocycles. The Kier molecular flexibility index (Phi) is 2.63. The van der Waals surface area contributed by atoms with Crippen LogP contribution in [0.25, 0.3) is 16.7 Å². The minimum Gasteiger partial charge on any atom is -0.299 e. The van der Waals surface area contributed by atoms with Crippen molar-refractivity contribution >= 4 is 16.8 Å². The van der Waals surface area contributed by atoms with E-state index in [2.05, 4.69) is 4.98 Å². The highest BCUT2D eigenvalue weighted by Crippen LogP contribution is 2.19. The summed E-state index contributed by atoms with van der Waals surface area (Å²) in [6.07, 6.45) is 1.67. The lowest BCUT2D eigenvalue weighted by molar-refractivity contribution is 0.101. The average Bonchev–Trinajstić information content (AvgIpc) is 2.82. The first-order valence-corrected chi connectivity index (χ1v) is 5.89. The van der Waals surface area contributed by atoms with E-state index < -0.39 is 0 Å². The minimum absolute atomic E-state index is 0.0123. The summed E-state index contributed by atoms with van der Waals surface area (Å²) in [5.41, 5.74) is 3.10. The molecule has 4 heteroatoms. The van der Waals surface area contributed by atoms with Gasteiger partial charge in [0.1, 0.15) is 12.1 Å². The maximum Gasteiger partial charge on any atom is 0.159 e. The number of carbonyl (C=O) groups excluding carboxylic acids is 1. The molecule has 0 N–H and O–H groups in total. The number of carbonyl (C=O) groups is 1. The molecular weight excluding hydrogens is 243 g/mol. The predicted octanol–water partition coefficient (Wildman–Crippen LogP) is 3.37. The Morgan fingerprint density at radius 2 is 1.89 bits per heavy atom. The molecule has 0 saturated carbocycles. The molecule has 0 spiro atoms. The van der Waals surface area contributed by atoms with Gasteiger partial charge >= 0.3 is 0 Å². The summed E-state index contributed by atoms with van der Waals surface area (Å²) in [6, 6.07) is 11.6. The summed E-state index contributed by atoms with van der Waals surface area (Å²) in [4.78, 5) is 15.6. The minimum atomic E-state index is -0.271. The van der Waals surface area contributed by atoms with Gasteiger partial charge in [0.2, 0.25) is 0 Å². The molecule has 0 aliphatic heterocycles. The fourth-order valence-electron chi connectivity index (χ4n) is 2.04. The second-order valence-electron chi connectivity index (χ2n) is 4.35. The Balaban J connectivity index is 2.15. The lowest BCUT2D eigenvalue weighted by Crippen LogP contribution is -1.94. The van der Waals surface area contributed by atoms with Gasteiger partial charge in [-0.05, 0) is 49.4 Å². The number of rotatable bonds is 2. The first kappa shape index (κ1) is 11.6. The van der Waals surface area contributed by atoms with Crippen molar-refractivity contribution in [2.75, 3.05) is 0 Å². The molecule has 1 aromatic heterocycles. The van der Waals surface area contributed by atoms with E-state index in [1.165, 1.54) is 19.1 Å². The molecule has 0 fully saturated rings. The average molecular weight is 254 g/mol. The van der Waals surface area contributed by atoms with Crippen molar-refractivity contribution in [3.63, 3.8) is 0 Å². The molecule has 94 valence electrons. The molecule has 19 heavy (non-hydrogen) atoms. The number of fused-ring (bicyclic) bond motifs is 1. The van der Waals surface area contributed by atoms with Crippen LogP contribution in [0, 0.1) is 5.82 Å². The molecule has 0 bridgehead atoms. The lowest BCUT2D eigenvalue weighted by Gasteiger charge is -2.04. The molecule has 0 amide bonds. The monoisotopic (exact) mass is 254 g/mol. The van der Waals surface area contributed by atoms with Crippen LogP contribution in [0.5, 0.6) is 0 Å². The first-order chi connectivity index (χ1) is 9.15. The van der Waals surface area contributed by atoms with Gasteiger partial charge in [-0.3, -0.25) is 9.36 Å². The van der Waals surface area contributed by atoms with E-state index in [0.29, 0.717) is 5.56 Å². The number of hydrogen-bond donors (Lipinski definition) is 0. The van der Waals surface area contributed by atoms with Gasteiger partial charge in [0.05, 0.1) is 11.0 Å². The van der Waals surface area contributed by atoms with Crippen LogP contribution in [-0.2, 0) is 0 Å². The van der Waals surface area contributed by atoms with Gasteiger partial charge in [-0.15, -0.1) is 0 Å². The van der Waals surface area contributed by atoms with Gasteiger partial charge in [-0.25, -0.2) is 9.37 Å². The number of benzene rings is 2. The zero-order chi connectivity index (χ0) is 13.4. The molecular formula is C15H11FN2O. The fraction of sp³-hybridized carbons (Fsp3) is 0.0667. The molecule has 3 rings (SSSR count). The van der Waals surface area contributed by atoms with E-state index in [-0.39, 0.29) is 11.6 Å². The van der Waals surface area contributed by atoms with E-state index in [1.807, 2.05) is 10.6 Å². The van der Waals surface area contributed by atoms with Crippen molar-refractivity contribution in [3.05, 3.63) is 60.2 Å². The third-order valence-electron chi connectivity index (χ3n) is 3.06. The first-order valence-electron chi connectivity index (χ1n) is 5.89. The maximum absolute atomic E-state index is 12.9. The van der Waals surface area contributed by atoms with Gasteiger partial charge in [0, 0.05) is 11.3 Å². The van der Waals surface area contributed by atoms with Crippen LogP contribution in [0.15, 0.2) is 48.8 Å². The number of halogens is 1. The fourth-order valence-corrected chi connectivity index (χ4v) is 2.04. The Morgan fingerprint density at radius 1 is 1.16 bits per heavy atom. The van der Waals surface area contributed by atoms with E-state index >= 15 is 0 Å². The van der Waals surface area contributed by atoms with Gasteiger partial charge in [0.15, 0.2) is 5.78 Å². The summed E-state index contributed by atoms with van der Waals surface area (Å²) < 4.78 is 14.8. The molecule has 0 aliphatic rings. The second kappa shape index (κ2) is 4.31. The normalized spacial score (nSPS) is 10.8. The number of aromatic nitrogens is 2. The molecule has 0 unspecified atom stereocenters. The van der Waals surface area contributed by atoms with E-state index in [0.717, 1.165) is 16.7 Å². The Bertz CT molecular complexity index is 759. The van der Waals surface area contributed by atoms with Crippen LogP contribution in [0.1, 0.15) is 17.3 Å². The van der Waals surface area contributed by atoms with Crippen molar-refractivity contribution in [2.45, 2.75) is 6.92 Å². The highest BCUT2D eigenvalue weighted by Gasteiger charge is 2.07. The van der Waals surface area contributed by atoms with Gasteiger partial charge in [0.25, 0.3) is 0 Å². The zero-order valence-corrected chi connectivity index (χ0v) is 10.3. The molecule has 1 heterocycles. The highest BCUT2D eigenvalue weighted by molar-refractivity contribution is 5.97. The predicted molar refractivity (Wildman–Crippen MR) is 71.0 cm³/mol. The summed E-state index contributed by atoms with van der Waals surface area (Å²) >= 11 is 0. The molecule has 3 aromatic rings. The SMILES string of the molecule is CC(=O)c1ccc2c(c1)ncn2-c1ccc(F)cc1. The van der Waals surface area contributed by atoms with Crippen molar-refractivity contribution in [1.29, 1.82) is 0 Å². The van der Waals surface area contributed by atoms with E-state index in [9.17, 15) is 9.18 Å². The molecule has 0 atom stereocenters. The quantitative estimate of drug-likeness (QED) is 0.657. The molecule has 0 saturated heterocycles. The van der Waals surface area contributed by atoms with Crippen LogP contribution in [0.3, 0.4) is 0 Å². The van der Waals surface area contributed by atoms with E-state index in [1.54, 1.807) is 30.6 Å². The van der Waals surface area contributed by atoms with E-state index in [4.69, 9.17) is 0 Å². The molecule has 0 aliphatic carbocycles. The largest absolute Gasteiger partial charge is 0.299 e. The maximum atomic E-state index is 12.9. The van der Waals surface area contributed by atoms with Crippen molar-refractivity contribution in [3.8, 4) is 5.69 Å². The number of hydrogen-bond acceptors (Lipinski definition) is 2. The summed E-state index contributed by atoms with van der Waals surface area (Å²) in [5.74, 6) is -0.259. The Labute approximate surface area is 109 Å². The van der Waals surface area contributed by atoms with Gasteiger partial charge < -0.3 is 0 Å². The van der Waals surface area contributed by atoms with Crippen molar-refractivity contribution in [1.82, 2.24) is 9.55 Å². The smallest absolute Gasteiger partial charge is 0.159 e. The lowest BCUT2D eigenvalue weighted by atomic mass is 10.1. The van der Waals surface area contributed by atoms with Crippen LogP contribution in [-0.4, -0.2) is 15.3 Å². The number of imidazole rings is 1. The Hall–Kier alpha value is -2.49. The van der Waals surface area contributed by atoms with Crippen LogP contribution in [0.4, 0.5) is 4.39 Å². The van der Waals surface area contributed by atoms with Crippen LogP contribution < -0.4 is 0 Å². The third-order valence-corrected chi connectivity index (χ3v) is 3.06. The summed E-state index contributed by atoms with van der Waals surface area (Å²) in [5, 5.41) is 0. The number of nitrogens with zero attached hydrogens (tertiary/aromatic N) is 2. The summed E-state index contributed by atoms with van der Waals surface area (Å²) in [7, 11) is 0. The Morgan fingerprint density at radius 3 is 2.58 bits per heavy atom. The van der Waals surface area contributed by atoms with Crippen LogP contribution >= 0.6 is 0 Å². The highest BCUT2D eigenvalue weighted by atomic mass is 19.1. The topological polar surface area (TPSA) is 34.9 Å². The second-order valence-corrected chi connectivity index (χ2v) is 4.35. The van der Waals surface area contributed by atoms with Crippen molar-refractivity contribution in [2.24, 2.45) is 0 Å². The zero-order valence-electron chi connectivity index (χ0n) is 10.3. The molecule has 3 nitrogen and oxygen atoms in total. The van der Waals surface area contributed by atoms with Gasteiger partial charge in [-0.1, -0.05) is 0 Å². The van der Waals surface area contributed by atoms with Crippen LogP contribution in [0.2, 0.25) is 0 Å². The molecule has 0 radical (unpaired) electrons. The summed E-state index contributed by atoms with van der Waals surface area (Å²) in [6.45, 7) is 1.53. The third kappa shape index (κ3) is 2.01. The standard InChI is InChI=1S/C15H11FN2O/c1-10(19)11-2-7-15-14(8-11)17-9-18(15)13-5-3-12(16)4-6-13/h2-9H,1H3.